The maximum Gasteiger partial charge on any atom is 0.0996 e. The van der Waals surface area contributed by atoms with Gasteiger partial charge in [-0.05, 0) is 12.1 Å². The smallest absolute Gasteiger partial charge is 0.0996 e. The van der Waals surface area contributed by atoms with Gasteiger partial charge in [0.1, 0.15) is 0 Å². The molecule has 0 aliphatic heterocycles. The first-order chi connectivity index (χ1) is 6.19. The third-order valence-corrected chi connectivity index (χ3v) is 2.08. The fraction of sp³-hybridized carbons (Fsp3) is 0.111. The van der Waals surface area contributed by atoms with Crippen molar-refractivity contribution in [1.82, 2.24) is 0 Å². The largest absolute Gasteiger partial charge is 0.398 e. The van der Waals surface area contributed by atoms with Gasteiger partial charge in [-0.2, -0.15) is 10.5 Å². The molecule has 1 aromatic carbocycles. The highest BCUT2D eigenvalue weighted by Gasteiger charge is 2.06. The third-order valence-electron chi connectivity index (χ3n) is 1.63. The minimum absolute atomic E-state index is 0.169. The van der Waals surface area contributed by atoms with Crippen molar-refractivity contribution in [1.29, 1.82) is 10.5 Å². The van der Waals surface area contributed by atoms with E-state index in [1.54, 1.807) is 12.1 Å². The minimum atomic E-state index is 0.169. The number of nitrogens with zero attached hydrogens (tertiary/aromatic N) is 2. The first-order valence-electron chi connectivity index (χ1n) is 3.54. The van der Waals surface area contributed by atoms with E-state index < -0.39 is 0 Å². The van der Waals surface area contributed by atoms with Gasteiger partial charge in [0.25, 0.3) is 0 Å². The highest BCUT2D eigenvalue weighted by atomic mass is 79.9. The lowest BCUT2D eigenvalue weighted by Crippen LogP contribution is -1.97. The van der Waals surface area contributed by atoms with Crippen molar-refractivity contribution in [2.75, 3.05) is 5.73 Å². The molecule has 0 aliphatic carbocycles. The van der Waals surface area contributed by atoms with Crippen LogP contribution in [0, 0.1) is 22.7 Å². The van der Waals surface area contributed by atoms with Gasteiger partial charge in [-0.25, -0.2) is 0 Å². The lowest BCUT2D eigenvalue weighted by molar-refractivity contribution is 1.24. The van der Waals surface area contributed by atoms with Crippen LogP contribution < -0.4 is 5.73 Å². The van der Waals surface area contributed by atoms with Crippen LogP contribution in [0.2, 0.25) is 0 Å². The average Bonchev–Trinajstić information content (AvgIpc) is 2.09. The van der Waals surface area contributed by atoms with Gasteiger partial charge in [-0.15, -0.1) is 0 Å². The average molecular weight is 236 g/mol. The van der Waals surface area contributed by atoms with E-state index in [1.807, 2.05) is 12.1 Å². The predicted octanol–water partition coefficient (Wildman–Crippen LogP) is 1.97. The summed E-state index contributed by atoms with van der Waals surface area (Å²) in [6.07, 6.45) is 0.169. The fourth-order valence-electron chi connectivity index (χ4n) is 1.03. The summed E-state index contributed by atoms with van der Waals surface area (Å²) in [6, 6.07) is 7.32. The molecule has 64 valence electrons. The van der Waals surface area contributed by atoms with Crippen molar-refractivity contribution >= 4 is 21.6 Å². The number of hydrogen-bond donors (Lipinski definition) is 1. The van der Waals surface area contributed by atoms with E-state index in [4.69, 9.17) is 16.3 Å². The zero-order chi connectivity index (χ0) is 9.84. The molecule has 1 aromatic rings. The normalized spacial score (nSPS) is 8.85. The quantitative estimate of drug-likeness (QED) is 0.757. The second-order valence-corrected chi connectivity index (χ2v) is 3.38. The highest BCUT2D eigenvalue weighted by molar-refractivity contribution is 9.10. The molecule has 0 bridgehead atoms. The maximum atomic E-state index is 8.76. The van der Waals surface area contributed by atoms with Gasteiger partial charge in [0.2, 0.25) is 0 Å². The Morgan fingerprint density at radius 3 is 2.62 bits per heavy atom. The van der Waals surface area contributed by atoms with E-state index in [0.717, 1.165) is 4.47 Å². The summed E-state index contributed by atoms with van der Waals surface area (Å²) in [6.45, 7) is 0. The number of benzene rings is 1. The SMILES string of the molecule is N#CCc1c(N)cc(Br)cc1C#N. The number of rotatable bonds is 1. The molecule has 0 atom stereocenters. The molecule has 0 spiro atoms. The molecule has 0 saturated heterocycles. The zero-order valence-electron chi connectivity index (χ0n) is 6.71. The Morgan fingerprint density at radius 2 is 2.08 bits per heavy atom. The lowest BCUT2D eigenvalue weighted by Gasteiger charge is -2.04. The van der Waals surface area contributed by atoms with Crippen molar-refractivity contribution < 1.29 is 0 Å². The molecule has 1 rings (SSSR count). The van der Waals surface area contributed by atoms with Gasteiger partial charge < -0.3 is 5.73 Å². The number of nitrogen functional groups attached to an aromatic ring is 1. The van der Waals surface area contributed by atoms with E-state index in [1.165, 1.54) is 0 Å². The molecule has 0 radical (unpaired) electrons. The molecule has 4 heteroatoms. The van der Waals surface area contributed by atoms with Crippen molar-refractivity contribution in [2.45, 2.75) is 6.42 Å². The molecular weight excluding hydrogens is 230 g/mol. The molecule has 2 N–H and O–H groups in total. The first-order valence-corrected chi connectivity index (χ1v) is 4.33. The van der Waals surface area contributed by atoms with Crippen LogP contribution in [0.15, 0.2) is 16.6 Å². The molecule has 0 saturated carbocycles. The number of nitriles is 2. The Bertz CT molecular complexity index is 412. The third kappa shape index (κ3) is 1.99. The zero-order valence-corrected chi connectivity index (χ0v) is 8.30. The molecule has 3 nitrogen and oxygen atoms in total. The Balaban J connectivity index is 3.34. The number of halogens is 1. The van der Waals surface area contributed by atoms with E-state index in [2.05, 4.69) is 15.9 Å². The summed E-state index contributed by atoms with van der Waals surface area (Å²) >= 11 is 3.23. The van der Waals surface area contributed by atoms with Crippen LogP contribution in [0.1, 0.15) is 11.1 Å². The molecule has 0 fully saturated rings. The molecule has 0 aromatic heterocycles. The Kier molecular flexibility index (Phi) is 2.89. The molecule has 0 amide bonds. The predicted molar refractivity (Wildman–Crippen MR) is 52.6 cm³/mol. The van der Waals surface area contributed by atoms with Gasteiger partial charge in [0.15, 0.2) is 0 Å². The van der Waals surface area contributed by atoms with Gasteiger partial charge in [-0.1, -0.05) is 15.9 Å². The van der Waals surface area contributed by atoms with E-state index in [-0.39, 0.29) is 6.42 Å². The number of anilines is 1. The topological polar surface area (TPSA) is 73.6 Å². The van der Waals surface area contributed by atoms with Crippen molar-refractivity contribution in [3.8, 4) is 12.1 Å². The van der Waals surface area contributed by atoms with E-state index >= 15 is 0 Å². The summed E-state index contributed by atoms with van der Waals surface area (Å²) in [5.74, 6) is 0. The van der Waals surface area contributed by atoms with Crippen molar-refractivity contribution in [2.24, 2.45) is 0 Å². The molecule has 13 heavy (non-hydrogen) atoms. The second-order valence-electron chi connectivity index (χ2n) is 2.47. The summed E-state index contributed by atoms with van der Waals surface area (Å²) in [5, 5.41) is 17.3. The van der Waals surface area contributed by atoms with Crippen LogP contribution in [-0.2, 0) is 6.42 Å². The number of nitrogens with two attached hydrogens (primary N) is 1. The fourth-order valence-corrected chi connectivity index (χ4v) is 1.51. The minimum Gasteiger partial charge on any atom is -0.398 e. The Labute approximate surface area is 84.5 Å². The summed E-state index contributed by atoms with van der Waals surface area (Å²) < 4.78 is 0.753. The van der Waals surface area contributed by atoms with Gasteiger partial charge in [0.05, 0.1) is 24.1 Å². The van der Waals surface area contributed by atoms with Crippen LogP contribution in [0.25, 0.3) is 0 Å². The Morgan fingerprint density at radius 1 is 1.38 bits per heavy atom. The molecule has 0 unspecified atom stereocenters. The van der Waals surface area contributed by atoms with Gasteiger partial charge in [-0.3, -0.25) is 0 Å². The first kappa shape index (κ1) is 9.57. The number of hydrogen-bond acceptors (Lipinski definition) is 3. The summed E-state index contributed by atoms with van der Waals surface area (Å²) in [7, 11) is 0. The van der Waals surface area contributed by atoms with Crippen LogP contribution in [0.5, 0.6) is 0 Å². The maximum absolute atomic E-state index is 8.76. The van der Waals surface area contributed by atoms with Gasteiger partial charge >= 0.3 is 0 Å². The van der Waals surface area contributed by atoms with Crippen LogP contribution in [0.4, 0.5) is 5.69 Å². The van der Waals surface area contributed by atoms with Gasteiger partial charge in [0, 0.05) is 15.7 Å². The van der Waals surface area contributed by atoms with E-state index in [0.29, 0.717) is 16.8 Å². The van der Waals surface area contributed by atoms with Crippen molar-refractivity contribution in [3.63, 3.8) is 0 Å². The standard InChI is InChI=1S/C9H6BrN3/c10-7-3-6(5-12)8(1-2-11)9(13)4-7/h3-4H,1,13H2. The second kappa shape index (κ2) is 3.93. The summed E-state index contributed by atoms with van der Waals surface area (Å²) in [4.78, 5) is 0. The highest BCUT2D eigenvalue weighted by Crippen LogP contribution is 2.23. The molecule has 0 aliphatic rings. The Hall–Kier alpha value is -1.52. The van der Waals surface area contributed by atoms with Crippen LogP contribution >= 0.6 is 15.9 Å². The van der Waals surface area contributed by atoms with Crippen LogP contribution in [-0.4, -0.2) is 0 Å². The lowest BCUT2D eigenvalue weighted by atomic mass is 10.0. The molecule has 0 heterocycles. The van der Waals surface area contributed by atoms with Crippen molar-refractivity contribution in [3.05, 3.63) is 27.7 Å². The van der Waals surface area contributed by atoms with Crippen LogP contribution in [0.3, 0.4) is 0 Å². The molecular formula is C9H6BrN3. The van der Waals surface area contributed by atoms with E-state index in [9.17, 15) is 0 Å². The monoisotopic (exact) mass is 235 g/mol. The summed E-state index contributed by atoms with van der Waals surface area (Å²) in [5.41, 5.74) is 7.19.